The van der Waals surface area contributed by atoms with Gasteiger partial charge < -0.3 is 10.2 Å². The van der Waals surface area contributed by atoms with Crippen molar-refractivity contribution in [3.8, 4) is 0 Å². The normalized spacial score (nSPS) is 14.6. The quantitative estimate of drug-likeness (QED) is 0.367. The average Bonchev–Trinajstić information content (AvgIpc) is 3.24. The van der Waals surface area contributed by atoms with E-state index in [1.807, 2.05) is 55.5 Å². The number of nitrogens with one attached hydrogen (secondary N) is 1. The molecule has 0 unspecified atom stereocenters. The van der Waals surface area contributed by atoms with Crippen LogP contribution in [0.3, 0.4) is 0 Å². The maximum absolute atomic E-state index is 13.5. The van der Waals surface area contributed by atoms with E-state index in [0.29, 0.717) is 31.5 Å². The number of aromatic nitrogens is 2. The molecule has 3 heterocycles. The van der Waals surface area contributed by atoms with E-state index in [9.17, 15) is 14.0 Å². The first-order chi connectivity index (χ1) is 17.5. The fourth-order valence-electron chi connectivity index (χ4n) is 5.30. The summed E-state index contributed by atoms with van der Waals surface area (Å²) in [6, 6.07) is 21.6. The lowest BCUT2D eigenvalue weighted by Gasteiger charge is -2.31. The van der Waals surface area contributed by atoms with Gasteiger partial charge in [0.2, 0.25) is 5.91 Å². The van der Waals surface area contributed by atoms with Crippen LogP contribution in [0.1, 0.15) is 29.0 Å². The summed E-state index contributed by atoms with van der Waals surface area (Å²) >= 11 is 0. The number of hydrogen-bond acceptors (Lipinski definition) is 3. The molecule has 36 heavy (non-hydrogen) atoms. The molecular weight excluding hydrogens is 455 g/mol. The molecule has 7 heteroatoms. The highest BCUT2D eigenvalue weighted by molar-refractivity contribution is 6.16. The van der Waals surface area contributed by atoms with Gasteiger partial charge in [-0.25, -0.2) is 9.37 Å². The summed E-state index contributed by atoms with van der Waals surface area (Å²) in [6.07, 6.45) is 1.15. The van der Waals surface area contributed by atoms with E-state index in [2.05, 4.69) is 9.72 Å². The number of benzene rings is 3. The van der Waals surface area contributed by atoms with Gasteiger partial charge in [0.15, 0.2) is 0 Å². The molecule has 1 aliphatic rings. The van der Waals surface area contributed by atoms with Crippen LogP contribution in [0.2, 0.25) is 0 Å². The fraction of sp³-hybridized carbons (Fsp3) is 0.207. The number of hydrogen-bond donors (Lipinski definition) is 1. The van der Waals surface area contributed by atoms with E-state index in [1.54, 1.807) is 4.90 Å². The second-order valence-electron chi connectivity index (χ2n) is 9.31. The van der Waals surface area contributed by atoms with Crippen LogP contribution in [0, 0.1) is 18.7 Å². The van der Waals surface area contributed by atoms with Gasteiger partial charge >= 0.3 is 0 Å². The minimum atomic E-state index is -0.369. The van der Waals surface area contributed by atoms with Gasteiger partial charge in [0, 0.05) is 35.3 Å². The van der Waals surface area contributed by atoms with Crippen molar-refractivity contribution in [1.82, 2.24) is 14.3 Å². The van der Waals surface area contributed by atoms with Gasteiger partial charge in [-0.15, -0.1) is 0 Å². The highest BCUT2D eigenvalue weighted by Gasteiger charge is 2.29. The van der Waals surface area contributed by atoms with Crippen molar-refractivity contribution >= 4 is 44.8 Å². The molecular formula is C29H25FN4O2. The van der Waals surface area contributed by atoms with Crippen molar-refractivity contribution in [3.05, 3.63) is 90.0 Å². The van der Waals surface area contributed by atoms with Gasteiger partial charge in [0.05, 0.1) is 22.2 Å². The first kappa shape index (κ1) is 22.2. The number of rotatable bonds is 3. The maximum atomic E-state index is 13.5. The largest absolute Gasteiger partial charge is 0.339 e. The van der Waals surface area contributed by atoms with Gasteiger partial charge in [0.1, 0.15) is 11.6 Å². The number of carbonyl (C=O) groups excluding carboxylic acids is 2. The number of para-hydroxylation sites is 2. The first-order valence-corrected chi connectivity index (χ1v) is 12.2. The van der Waals surface area contributed by atoms with Gasteiger partial charge in [-0.05, 0) is 56.2 Å². The zero-order valence-electron chi connectivity index (χ0n) is 19.9. The van der Waals surface area contributed by atoms with Crippen LogP contribution in [-0.2, 0) is 4.79 Å². The van der Waals surface area contributed by atoms with Crippen LogP contribution in [0.25, 0.3) is 27.3 Å². The smallest absolute Gasteiger partial charge is 0.253 e. The lowest BCUT2D eigenvalue weighted by Crippen LogP contribution is -2.41. The second kappa shape index (κ2) is 8.75. The molecule has 0 aliphatic carbocycles. The van der Waals surface area contributed by atoms with Gasteiger partial charge in [-0.3, -0.25) is 14.0 Å². The van der Waals surface area contributed by atoms with E-state index in [4.69, 9.17) is 4.98 Å². The number of halogens is 1. The minimum Gasteiger partial charge on any atom is -0.339 e. The Morgan fingerprint density at radius 1 is 0.917 bits per heavy atom. The third-order valence-electron chi connectivity index (χ3n) is 7.13. The SMILES string of the molecule is Cc1nc2ccccc2c2c(NC(=O)C3CCN(C(=O)c4ccc(F)cc4)CC3)c3ccccc3n12. The molecule has 0 radical (unpaired) electrons. The molecule has 0 atom stereocenters. The third-order valence-corrected chi connectivity index (χ3v) is 7.13. The summed E-state index contributed by atoms with van der Waals surface area (Å²) in [5, 5.41) is 5.20. The number of anilines is 1. The zero-order chi connectivity index (χ0) is 24.8. The van der Waals surface area contributed by atoms with Gasteiger partial charge in [-0.1, -0.05) is 36.4 Å². The van der Waals surface area contributed by atoms with Gasteiger partial charge in [-0.2, -0.15) is 0 Å². The molecule has 1 aliphatic heterocycles. The Bertz CT molecular complexity index is 1630. The Hall–Kier alpha value is -4.26. The first-order valence-electron chi connectivity index (χ1n) is 12.2. The highest BCUT2D eigenvalue weighted by atomic mass is 19.1. The van der Waals surface area contributed by atoms with Crippen molar-refractivity contribution in [3.63, 3.8) is 0 Å². The van der Waals surface area contributed by atoms with Crippen LogP contribution in [0.15, 0.2) is 72.8 Å². The molecule has 5 aromatic rings. The molecule has 2 aromatic heterocycles. The molecule has 1 N–H and O–H groups in total. The fourth-order valence-corrected chi connectivity index (χ4v) is 5.30. The summed E-state index contributed by atoms with van der Waals surface area (Å²) in [7, 11) is 0. The summed E-state index contributed by atoms with van der Waals surface area (Å²) in [5.74, 6) is 0.109. The molecule has 2 amide bonds. The summed E-state index contributed by atoms with van der Waals surface area (Å²) in [4.78, 5) is 32.8. The molecule has 6 nitrogen and oxygen atoms in total. The van der Waals surface area contributed by atoms with Crippen molar-refractivity contribution in [1.29, 1.82) is 0 Å². The Labute approximate surface area is 207 Å². The lowest BCUT2D eigenvalue weighted by molar-refractivity contribution is -0.121. The molecule has 180 valence electrons. The number of nitrogens with zero attached hydrogens (tertiary/aromatic N) is 3. The summed E-state index contributed by atoms with van der Waals surface area (Å²) in [6.45, 7) is 2.94. The lowest BCUT2D eigenvalue weighted by atomic mass is 9.95. The Morgan fingerprint density at radius 3 is 2.33 bits per heavy atom. The number of piperidine rings is 1. The number of aryl methyl sites for hydroxylation is 1. The topological polar surface area (TPSA) is 66.7 Å². The van der Waals surface area contributed by atoms with E-state index in [-0.39, 0.29) is 23.5 Å². The predicted molar refractivity (Wildman–Crippen MR) is 139 cm³/mol. The molecule has 0 saturated carbocycles. The molecule has 3 aromatic carbocycles. The monoisotopic (exact) mass is 480 g/mol. The number of carbonyl (C=O) groups is 2. The van der Waals surface area contributed by atoms with Crippen LogP contribution in [0.5, 0.6) is 0 Å². The van der Waals surface area contributed by atoms with E-state index in [1.165, 1.54) is 24.3 Å². The van der Waals surface area contributed by atoms with Crippen molar-refractivity contribution in [2.24, 2.45) is 5.92 Å². The second-order valence-corrected chi connectivity index (χ2v) is 9.31. The van der Waals surface area contributed by atoms with Crippen molar-refractivity contribution in [2.45, 2.75) is 19.8 Å². The number of fused-ring (bicyclic) bond motifs is 5. The Kier molecular flexibility index (Phi) is 5.40. The van der Waals surface area contributed by atoms with Crippen molar-refractivity contribution in [2.75, 3.05) is 18.4 Å². The van der Waals surface area contributed by atoms with E-state index in [0.717, 1.165) is 38.8 Å². The molecule has 6 rings (SSSR count). The van der Waals surface area contributed by atoms with Crippen molar-refractivity contribution < 1.29 is 14.0 Å². The van der Waals surface area contributed by atoms with E-state index < -0.39 is 0 Å². The number of amides is 2. The Morgan fingerprint density at radius 2 is 1.58 bits per heavy atom. The molecule has 1 fully saturated rings. The molecule has 0 bridgehead atoms. The Balaban J connectivity index is 1.29. The highest BCUT2D eigenvalue weighted by Crippen LogP contribution is 2.37. The van der Waals surface area contributed by atoms with Crippen LogP contribution < -0.4 is 5.32 Å². The summed E-state index contributed by atoms with van der Waals surface area (Å²) in [5.41, 5.74) is 4.08. The average molecular weight is 481 g/mol. The van der Waals surface area contributed by atoms with Crippen LogP contribution in [-0.4, -0.2) is 39.2 Å². The predicted octanol–water partition coefficient (Wildman–Crippen LogP) is 5.58. The number of likely N-dealkylation sites (tertiary alicyclic amines) is 1. The molecule has 0 spiro atoms. The zero-order valence-corrected chi connectivity index (χ0v) is 19.9. The molecule has 1 saturated heterocycles. The maximum Gasteiger partial charge on any atom is 0.253 e. The van der Waals surface area contributed by atoms with Gasteiger partial charge in [0.25, 0.3) is 5.91 Å². The standard InChI is InChI=1S/C29H25FN4O2/c1-18-31-24-8-4-2-6-22(24)27-26(23-7-3-5-9-25(23)34(18)27)32-28(35)19-14-16-33(17-15-19)29(36)20-10-12-21(30)13-11-20/h2-13,19H,14-17H2,1H3,(H,32,35). The minimum absolute atomic E-state index is 0.0410. The van der Waals surface area contributed by atoms with Crippen LogP contribution >= 0.6 is 0 Å². The van der Waals surface area contributed by atoms with Crippen LogP contribution in [0.4, 0.5) is 10.1 Å². The summed E-state index contributed by atoms with van der Waals surface area (Å²) < 4.78 is 15.3. The third kappa shape index (κ3) is 3.68. The van der Waals surface area contributed by atoms with E-state index >= 15 is 0 Å².